The average molecular weight is 369 g/mol. The maximum Gasteiger partial charge on any atom is 0.223 e. The largest absolute Gasteiger partial charge is 0.340 e. The fourth-order valence-corrected chi connectivity index (χ4v) is 3.40. The van der Waals surface area contributed by atoms with Crippen molar-refractivity contribution in [2.45, 2.75) is 19.4 Å². The zero-order valence-corrected chi connectivity index (χ0v) is 15.7. The van der Waals surface area contributed by atoms with E-state index in [0.29, 0.717) is 31.5 Å². The van der Waals surface area contributed by atoms with Gasteiger partial charge in [-0.1, -0.05) is 48.5 Å². The summed E-state index contributed by atoms with van der Waals surface area (Å²) in [6.07, 6.45) is 1.13. The Balaban J connectivity index is 1.30. The first-order valence-electron chi connectivity index (χ1n) is 9.70. The number of hydrogen-bond donors (Lipinski definition) is 1. The van der Waals surface area contributed by atoms with Gasteiger partial charge in [-0.15, -0.1) is 0 Å². The van der Waals surface area contributed by atoms with E-state index in [0.717, 1.165) is 32.7 Å². The van der Waals surface area contributed by atoms with Gasteiger partial charge in [0.25, 0.3) is 0 Å². The topological polar surface area (TPSA) is 35.6 Å². The Kier molecular flexibility index (Phi) is 7.36. The van der Waals surface area contributed by atoms with Crippen LogP contribution in [0.3, 0.4) is 0 Å². The van der Waals surface area contributed by atoms with Gasteiger partial charge in [0.05, 0.1) is 0 Å². The van der Waals surface area contributed by atoms with Gasteiger partial charge in [0.15, 0.2) is 0 Å². The lowest BCUT2D eigenvalue weighted by Gasteiger charge is -2.34. The minimum Gasteiger partial charge on any atom is -0.340 e. The fourth-order valence-electron chi connectivity index (χ4n) is 3.40. The molecule has 1 saturated heterocycles. The number of benzene rings is 2. The van der Waals surface area contributed by atoms with Crippen LogP contribution >= 0.6 is 0 Å². The Hall–Kier alpha value is -2.24. The Morgan fingerprint density at radius 1 is 0.926 bits per heavy atom. The molecule has 4 nitrogen and oxygen atoms in total. The molecule has 0 radical (unpaired) electrons. The number of amides is 1. The molecule has 0 spiro atoms. The number of nitrogens with one attached hydrogen (secondary N) is 1. The van der Waals surface area contributed by atoms with Crippen molar-refractivity contribution in [3.63, 3.8) is 0 Å². The number of carbonyl (C=O) groups excluding carboxylic acids is 1. The molecular formula is C22H28FN3O. The Morgan fingerprint density at radius 2 is 1.63 bits per heavy atom. The second-order valence-electron chi connectivity index (χ2n) is 6.98. The van der Waals surface area contributed by atoms with Gasteiger partial charge in [-0.3, -0.25) is 9.69 Å². The fraction of sp³-hybridized carbons (Fsp3) is 0.409. The second kappa shape index (κ2) is 10.2. The van der Waals surface area contributed by atoms with E-state index in [1.807, 2.05) is 17.0 Å². The van der Waals surface area contributed by atoms with Crippen molar-refractivity contribution in [3.8, 4) is 0 Å². The maximum atomic E-state index is 13.5. The molecule has 2 aromatic carbocycles. The van der Waals surface area contributed by atoms with E-state index in [9.17, 15) is 9.18 Å². The molecule has 1 aliphatic rings. The van der Waals surface area contributed by atoms with Crippen molar-refractivity contribution < 1.29 is 9.18 Å². The zero-order chi connectivity index (χ0) is 18.9. The standard InChI is InChI=1S/C22H28FN3O/c23-21-9-5-4-8-20(21)10-12-24-13-11-22(27)26-16-14-25(15-17-26)18-19-6-2-1-3-7-19/h1-9,24H,10-18H2. The highest BCUT2D eigenvalue weighted by Crippen LogP contribution is 2.09. The van der Waals surface area contributed by atoms with E-state index in [1.165, 1.54) is 11.6 Å². The molecule has 2 aromatic rings. The van der Waals surface area contributed by atoms with Crippen LogP contribution in [0.2, 0.25) is 0 Å². The van der Waals surface area contributed by atoms with Crippen molar-refractivity contribution in [1.82, 2.24) is 15.1 Å². The van der Waals surface area contributed by atoms with Crippen LogP contribution in [0.4, 0.5) is 4.39 Å². The first-order valence-corrected chi connectivity index (χ1v) is 9.70. The maximum absolute atomic E-state index is 13.5. The zero-order valence-electron chi connectivity index (χ0n) is 15.7. The Labute approximate surface area is 161 Å². The van der Waals surface area contributed by atoms with Crippen LogP contribution in [0.5, 0.6) is 0 Å². The van der Waals surface area contributed by atoms with Crippen molar-refractivity contribution in [1.29, 1.82) is 0 Å². The van der Waals surface area contributed by atoms with E-state index in [1.54, 1.807) is 12.1 Å². The van der Waals surface area contributed by atoms with Crippen LogP contribution in [-0.2, 0) is 17.8 Å². The third-order valence-corrected chi connectivity index (χ3v) is 5.02. The van der Waals surface area contributed by atoms with Crippen molar-refractivity contribution >= 4 is 5.91 Å². The predicted molar refractivity (Wildman–Crippen MR) is 106 cm³/mol. The quantitative estimate of drug-likeness (QED) is 0.727. The third kappa shape index (κ3) is 6.15. The number of piperazine rings is 1. The smallest absolute Gasteiger partial charge is 0.223 e. The highest BCUT2D eigenvalue weighted by atomic mass is 19.1. The van der Waals surface area contributed by atoms with Crippen LogP contribution in [-0.4, -0.2) is 55.0 Å². The lowest BCUT2D eigenvalue weighted by Crippen LogP contribution is -2.48. The molecule has 5 heteroatoms. The number of rotatable bonds is 8. The Morgan fingerprint density at radius 3 is 2.37 bits per heavy atom. The molecule has 0 atom stereocenters. The molecule has 0 bridgehead atoms. The predicted octanol–water partition coefficient (Wildman–Crippen LogP) is 2.69. The molecule has 1 amide bonds. The molecule has 0 aromatic heterocycles. The van der Waals surface area contributed by atoms with Crippen LogP contribution in [0.1, 0.15) is 17.5 Å². The first kappa shape index (κ1) is 19.5. The average Bonchev–Trinajstić information content (AvgIpc) is 2.70. The molecular weight excluding hydrogens is 341 g/mol. The molecule has 0 aliphatic carbocycles. The highest BCUT2D eigenvalue weighted by Gasteiger charge is 2.20. The summed E-state index contributed by atoms with van der Waals surface area (Å²) < 4.78 is 13.5. The summed E-state index contributed by atoms with van der Waals surface area (Å²) in [7, 11) is 0. The first-order chi connectivity index (χ1) is 13.2. The van der Waals surface area contributed by atoms with Gasteiger partial charge in [0, 0.05) is 45.7 Å². The van der Waals surface area contributed by atoms with Crippen molar-refractivity contribution in [2.75, 3.05) is 39.3 Å². The molecule has 0 unspecified atom stereocenters. The summed E-state index contributed by atoms with van der Waals surface area (Å²) in [5, 5.41) is 3.25. The van der Waals surface area contributed by atoms with Gasteiger partial charge in [0.1, 0.15) is 5.82 Å². The molecule has 0 saturated carbocycles. The number of nitrogens with zero attached hydrogens (tertiary/aromatic N) is 2. The SMILES string of the molecule is O=C(CCNCCc1ccccc1F)N1CCN(Cc2ccccc2)CC1. The minimum absolute atomic E-state index is 0.163. The monoisotopic (exact) mass is 369 g/mol. The van der Waals surface area contributed by atoms with Gasteiger partial charge in [-0.2, -0.15) is 0 Å². The molecule has 144 valence electrons. The van der Waals surface area contributed by atoms with Crippen LogP contribution in [0, 0.1) is 5.82 Å². The summed E-state index contributed by atoms with van der Waals surface area (Å²) in [6.45, 7) is 5.68. The molecule has 3 rings (SSSR count). The molecule has 1 fully saturated rings. The van der Waals surface area contributed by atoms with E-state index in [-0.39, 0.29) is 11.7 Å². The molecule has 1 N–H and O–H groups in total. The summed E-state index contributed by atoms with van der Waals surface area (Å²) in [4.78, 5) is 16.7. The van der Waals surface area contributed by atoms with Crippen LogP contribution < -0.4 is 5.32 Å². The highest BCUT2D eigenvalue weighted by molar-refractivity contribution is 5.76. The van der Waals surface area contributed by atoms with Gasteiger partial charge in [-0.25, -0.2) is 4.39 Å². The van der Waals surface area contributed by atoms with Crippen molar-refractivity contribution in [2.24, 2.45) is 0 Å². The summed E-state index contributed by atoms with van der Waals surface area (Å²) in [5.74, 6) is 0.0384. The molecule has 1 aliphatic heterocycles. The van der Waals surface area contributed by atoms with Gasteiger partial charge < -0.3 is 10.2 Å². The van der Waals surface area contributed by atoms with Gasteiger partial charge in [0.2, 0.25) is 5.91 Å². The summed E-state index contributed by atoms with van der Waals surface area (Å²) in [6, 6.07) is 17.3. The van der Waals surface area contributed by atoms with Crippen molar-refractivity contribution in [3.05, 3.63) is 71.5 Å². The van der Waals surface area contributed by atoms with Crippen LogP contribution in [0.15, 0.2) is 54.6 Å². The molecule has 27 heavy (non-hydrogen) atoms. The minimum atomic E-state index is -0.163. The second-order valence-corrected chi connectivity index (χ2v) is 6.98. The molecule has 1 heterocycles. The van der Waals surface area contributed by atoms with Crippen LogP contribution in [0.25, 0.3) is 0 Å². The van der Waals surface area contributed by atoms with E-state index >= 15 is 0 Å². The van der Waals surface area contributed by atoms with E-state index in [2.05, 4.69) is 34.5 Å². The number of halogens is 1. The van der Waals surface area contributed by atoms with Gasteiger partial charge >= 0.3 is 0 Å². The van der Waals surface area contributed by atoms with Gasteiger partial charge in [-0.05, 0) is 30.2 Å². The van der Waals surface area contributed by atoms with E-state index < -0.39 is 0 Å². The number of hydrogen-bond acceptors (Lipinski definition) is 3. The lowest BCUT2D eigenvalue weighted by atomic mass is 10.1. The lowest BCUT2D eigenvalue weighted by molar-refractivity contribution is -0.132. The normalized spacial score (nSPS) is 15.1. The van der Waals surface area contributed by atoms with E-state index in [4.69, 9.17) is 0 Å². The summed E-state index contributed by atoms with van der Waals surface area (Å²) >= 11 is 0. The third-order valence-electron chi connectivity index (χ3n) is 5.02. The Bertz CT molecular complexity index is 715. The summed E-state index contributed by atoms with van der Waals surface area (Å²) in [5.41, 5.74) is 2.03. The number of carbonyl (C=O) groups is 1.